The smallest absolute Gasteiger partial charge is 0.475 e. The van der Waals surface area contributed by atoms with E-state index in [9.17, 15) is 13.2 Å². The lowest BCUT2D eigenvalue weighted by molar-refractivity contribution is -0.192. The van der Waals surface area contributed by atoms with Crippen LogP contribution in [0.15, 0.2) is 48.8 Å². The summed E-state index contributed by atoms with van der Waals surface area (Å²) in [5.41, 5.74) is 3.02. The predicted molar refractivity (Wildman–Crippen MR) is 190 cm³/mol. The molecule has 0 aliphatic carbocycles. The largest absolute Gasteiger partial charge is 0.490 e. The summed E-state index contributed by atoms with van der Waals surface area (Å²) in [7, 11) is 1.95. The molecule has 50 heavy (non-hydrogen) atoms. The van der Waals surface area contributed by atoms with E-state index < -0.39 is 12.1 Å². The standard InChI is InChI=1S/C31H38FN9S2.C2HF3O2/c1-6-40(5)43-39-23-9-7-8-22(26(23)32)27-28(42-29(38-27)31(2,3)4)24-14-15-34-30(36-24)37-25-13-12-21(18-35-25)41-19-10-11-20(41)17-33-16-19;3-2(4,5)1(6)7/h7-9,12-15,18-20,33,39H,6,10-11,16-17H2,1-5H3,(H,34,35,36,37);(H,6,7). The molecule has 0 radical (unpaired) electrons. The molecule has 2 atom stereocenters. The molecular formula is C33H39F4N9O2S2. The van der Waals surface area contributed by atoms with Crippen LogP contribution in [0.5, 0.6) is 0 Å². The number of fused-ring (bicyclic) bond motifs is 2. The van der Waals surface area contributed by atoms with Crippen molar-refractivity contribution >= 4 is 52.6 Å². The first-order valence-corrected chi connectivity index (χ1v) is 17.5. The number of aliphatic carboxylic acids is 1. The number of pyridine rings is 1. The Morgan fingerprint density at radius 3 is 2.40 bits per heavy atom. The molecule has 5 heterocycles. The van der Waals surface area contributed by atoms with Crippen molar-refractivity contribution in [1.82, 2.24) is 29.6 Å². The number of alkyl halides is 3. The van der Waals surface area contributed by atoms with Gasteiger partial charge in [-0.15, -0.1) is 11.3 Å². The molecule has 2 fully saturated rings. The maximum Gasteiger partial charge on any atom is 0.490 e. The van der Waals surface area contributed by atoms with Crippen molar-refractivity contribution in [3.05, 3.63) is 59.6 Å². The number of hydrogen-bond acceptors (Lipinski definition) is 12. The molecule has 4 N–H and O–H groups in total. The Bertz CT molecular complexity index is 1770. The van der Waals surface area contributed by atoms with E-state index in [0.717, 1.165) is 35.2 Å². The number of benzene rings is 1. The average molecular weight is 734 g/mol. The molecule has 2 unspecified atom stereocenters. The van der Waals surface area contributed by atoms with Gasteiger partial charge in [-0.1, -0.05) is 33.8 Å². The Morgan fingerprint density at radius 1 is 1.10 bits per heavy atom. The summed E-state index contributed by atoms with van der Waals surface area (Å²) in [5.74, 6) is -2.01. The number of nitrogens with one attached hydrogen (secondary N) is 3. The van der Waals surface area contributed by atoms with Crippen molar-refractivity contribution in [2.45, 2.75) is 64.2 Å². The molecule has 0 amide bonds. The van der Waals surface area contributed by atoms with Crippen LogP contribution >= 0.6 is 23.5 Å². The summed E-state index contributed by atoms with van der Waals surface area (Å²) in [6, 6.07) is 12.4. The third kappa shape index (κ3) is 8.80. The number of thiazole rings is 1. The van der Waals surface area contributed by atoms with Gasteiger partial charge in [0.1, 0.15) is 5.82 Å². The van der Waals surface area contributed by atoms with Crippen LogP contribution < -0.4 is 20.3 Å². The topological polar surface area (TPSA) is 131 Å². The minimum Gasteiger partial charge on any atom is -0.475 e. The van der Waals surface area contributed by atoms with Gasteiger partial charge in [0.15, 0.2) is 5.82 Å². The van der Waals surface area contributed by atoms with E-state index in [-0.39, 0.29) is 11.2 Å². The van der Waals surface area contributed by atoms with E-state index in [2.05, 4.69) is 57.1 Å². The quantitative estimate of drug-likeness (QED) is 0.101. The number of anilines is 4. The van der Waals surface area contributed by atoms with Crippen molar-refractivity contribution < 1.29 is 27.5 Å². The summed E-state index contributed by atoms with van der Waals surface area (Å²) in [6.07, 6.45) is 0.993. The summed E-state index contributed by atoms with van der Waals surface area (Å²) in [5, 5.41) is 14.8. The van der Waals surface area contributed by atoms with Crippen LogP contribution in [0.25, 0.3) is 21.8 Å². The molecule has 4 aromatic rings. The minimum absolute atomic E-state index is 0.215. The second kappa shape index (κ2) is 15.4. The molecule has 0 spiro atoms. The van der Waals surface area contributed by atoms with Gasteiger partial charge in [0.05, 0.1) is 38.8 Å². The van der Waals surface area contributed by atoms with Gasteiger partial charge in [-0.3, -0.25) is 0 Å². The number of aromatic nitrogens is 4. The van der Waals surface area contributed by atoms with Gasteiger partial charge in [0.25, 0.3) is 0 Å². The third-order valence-corrected chi connectivity index (χ3v) is 10.5. The summed E-state index contributed by atoms with van der Waals surface area (Å²) < 4.78 is 52.8. The monoisotopic (exact) mass is 733 g/mol. The van der Waals surface area contributed by atoms with Crippen LogP contribution in [0.2, 0.25) is 0 Å². The Morgan fingerprint density at radius 2 is 1.80 bits per heavy atom. The van der Waals surface area contributed by atoms with Crippen LogP contribution in [-0.4, -0.2) is 80.3 Å². The zero-order valence-corrected chi connectivity index (χ0v) is 29.8. The van der Waals surface area contributed by atoms with Gasteiger partial charge in [0.2, 0.25) is 5.95 Å². The Kier molecular flexibility index (Phi) is 11.5. The highest BCUT2D eigenvalue weighted by molar-refractivity contribution is 7.98. The van der Waals surface area contributed by atoms with Crippen molar-refractivity contribution in [1.29, 1.82) is 0 Å². The van der Waals surface area contributed by atoms with Gasteiger partial charge in [0, 0.05) is 61.0 Å². The fourth-order valence-corrected chi connectivity index (χ4v) is 7.10. The predicted octanol–water partition coefficient (Wildman–Crippen LogP) is 7.34. The lowest BCUT2D eigenvalue weighted by Gasteiger charge is -2.37. The molecule has 17 heteroatoms. The first kappa shape index (κ1) is 37.2. The summed E-state index contributed by atoms with van der Waals surface area (Å²) in [4.78, 5) is 31.1. The second-order valence-corrected chi connectivity index (χ2v) is 14.8. The van der Waals surface area contributed by atoms with Crippen molar-refractivity contribution in [2.75, 3.05) is 41.6 Å². The number of halogens is 4. The number of rotatable bonds is 9. The summed E-state index contributed by atoms with van der Waals surface area (Å²) >= 11 is 2.89. The Labute approximate surface area is 296 Å². The molecule has 2 saturated heterocycles. The zero-order chi connectivity index (χ0) is 36.2. The van der Waals surface area contributed by atoms with Gasteiger partial charge >= 0.3 is 12.1 Å². The van der Waals surface area contributed by atoms with Gasteiger partial charge in [-0.05, 0) is 50.2 Å². The Balaban J connectivity index is 0.000000630. The van der Waals surface area contributed by atoms with Gasteiger partial charge in [-0.2, -0.15) is 13.2 Å². The fourth-order valence-electron chi connectivity index (χ4n) is 5.46. The van der Waals surface area contributed by atoms with E-state index in [4.69, 9.17) is 19.9 Å². The number of carboxylic acid groups (broad SMARTS) is 1. The number of hydrogen-bond donors (Lipinski definition) is 4. The van der Waals surface area contributed by atoms with Crippen molar-refractivity contribution in [2.24, 2.45) is 0 Å². The van der Waals surface area contributed by atoms with E-state index in [1.54, 1.807) is 18.3 Å². The number of nitrogens with zero attached hydrogens (tertiary/aromatic N) is 6. The number of carboxylic acids is 1. The first-order valence-electron chi connectivity index (χ1n) is 16.0. The van der Waals surface area contributed by atoms with Crippen LogP contribution in [0.1, 0.15) is 45.5 Å². The molecule has 2 bridgehead atoms. The van der Waals surface area contributed by atoms with E-state index in [0.29, 0.717) is 46.5 Å². The van der Waals surface area contributed by atoms with Crippen LogP contribution in [0.3, 0.4) is 0 Å². The van der Waals surface area contributed by atoms with Gasteiger partial charge in [-0.25, -0.2) is 33.4 Å². The molecule has 6 rings (SSSR count). The van der Waals surface area contributed by atoms with Crippen LogP contribution in [0.4, 0.5) is 40.7 Å². The normalized spacial score (nSPS) is 17.4. The molecule has 1 aromatic carbocycles. The molecule has 268 valence electrons. The number of piperazine rings is 1. The highest BCUT2D eigenvalue weighted by atomic mass is 32.2. The van der Waals surface area contributed by atoms with Crippen LogP contribution in [-0.2, 0) is 10.2 Å². The maximum absolute atomic E-state index is 15.9. The lowest BCUT2D eigenvalue weighted by Crippen LogP contribution is -2.52. The maximum atomic E-state index is 15.9. The SMILES string of the molecule is CCN(C)SNc1cccc(-c2nc(C(C)(C)C)sc2-c2ccnc(Nc3ccc(N4C5CCC4CNC5)cn3)n2)c1F.O=C(O)C(F)(F)F. The first-order chi connectivity index (χ1) is 23.7. The zero-order valence-electron chi connectivity index (χ0n) is 28.2. The molecule has 2 aliphatic heterocycles. The highest BCUT2D eigenvalue weighted by Gasteiger charge is 2.38. The van der Waals surface area contributed by atoms with E-state index in [1.807, 2.05) is 42.7 Å². The highest BCUT2D eigenvalue weighted by Crippen LogP contribution is 2.42. The van der Waals surface area contributed by atoms with Crippen molar-refractivity contribution in [3.63, 3.8) is 0 Å². The average Bonchev–Trinajstić information content (AvgIpc) is 3.63. The van der Waals surface area contributed by atoms with Crippen molar-refractivity contribution in [3.8, 4) is 21.8 Å². The molecule has 0 saturated carbocycles. The fraction of sp³-hybridized carbons (Fsp3) is 0.424. The third-order valence-electron chi connectivity index (χ3n) is 8.08. The van der Waals surface area contributed by atoms with Crippen LogP contribution in [0, 0.1) is 5.82 Å². The molecular weight excluding hydrogens is 695 g/mol. The Hall–Kier alpha value is -4.06. The molecule has 2 aliphatic rings. The van der Waals surface area contributed by atoms with Gasteiger partial charge < -0.3 is 25.4 Å². The van der Waals surface area contributed by atoms with E-state index >= 15 is 4.39 Å². The minimum atomic E-state index is -5.08. The second-order valence-electron chi connectivity index (χ2n) is 12.8. The number of carbonyl (C=O) groups is 1. The summed E-state index contributed by atoms with van der Waals surface area (Å²) in [6.45, 7) is 11.2. The molecule has 11 nitrogen and oxygen atoms in total. The molecule has 3 aromatic heterocycles. The lowest BCUT2D eigenvalue weighted by atomic mass is 9.98. The van der Waals surface area contributed by atoms with E-state index in [1.165, 1.54) is 36.3 Å².